The molecule has 2 aromatic rings. The number of benzene rings is 2. The Morgan fingerprint density at radius 3 is 2.02 bits per heavy atom. The Kier molecular flexibility index (Phi) is 13.1. The average molecular weight is 553 g/mol. The molecule has 1 aliphatic carbocycles. The van der Waals surface area contributed by atoms with Gasteiger partial charge in [-0.05, 0) is 42.5 Å². The summed E-state index contributed by atoms with van der Waals surface area (Å²) in [6.07, 6.45) is 16.4. The molecular weight excluding hydrogens is 510 g/mol. The molecule has 2 aromatic carbocycles. The van der Waals surface area contributed by atoms with E-state index >= 15 is 0 Å². The van der Waals surface area contributed by atoms with Crippen LogP contribution in [0.25, 0.3) is 5.57 Å². The third kappa shape index (κ3) is 9.42. The number of ether oxygens (including phenoxy) is 2. The summed E-state index contributed by atoms with van der Waals surface area (Å²) in [5.74, 6) is -4.37. The minimum absolute atomic E-state index is 0.0839. The van der Waals surface area contributed by atoms with E-state index in [2.05, 4.69) is 13.8 Å². The molecule has 3 rings (SSSR count). The molecule has 0 radical (unpaired) electrons. The molecule has 0 heterocycles. The van der Waals surface area contributed by atoms with Crippen molar-refractivity contribution in [3.8, 4) is 11.5 Å². The van der Waals surface area contributed by atoms with E-state index in [1.807, 2.05) is 24.3 Å². The zero-order chi connectivity index (χ0) is 28.7. The number of carbonyl (C=O) groups excluding carboxylic acids is 2. The van der Waals surface area contributed by atoms with Crippen molar-refractivity contribution < 1.29 is 27.8 Å². The highest BCUT2D eigenvalue weighted by atomic mass is 19.2. The molecule has 0 bridgehead atoms. The van der Waals surface area contributed by atoms with E-state index in [1.165, 1.54) is 55.9 Å². The van der Waals surface area contributed by atoms with Crippen LogP contribution in [0.3, 0.4) is 0 Å². The van der Waals surface area contributed by atoms with Gasteiger partial charge in [0, 0.05) is 17.6 Å². The molecule has 0 saturated heterocycles. The van der Waals surface area contributed by atoms with Gasteiger partial charge in [0.15, 0.2) is 17.3 Å². The topological polar surface area (TPSA) is 52.6 Å². The monoisotopic (exact) mass is 552 g/mol. The van der Waals surface area contributed by atoms with Gasteiger partial charge in [-0.2, -0.15) is 8.78 Å². The van der Waals surface area contributed by atoms with Gasteiger partial charge in [-0.3, -0.25) is 4.79 Å². The lowest BCUT2D eigenvalue weighted by Crippen LogP contribution is -2.18. The highest BCUT2D eigenvalue weighted by molar-refractivity contribution is 6.24. The number of esters is 1. The fourth-order valence-corrected chi connectivity index (χ4v) is 4.72. The third-order valence-electron chi connectivity index (χ3n) is 7.17. The Bertz CT molecular complexity index is 1180. The fraction of sp³-hybridized carbons (Fsp3) is 0.471. The largest absolute Gasteiger partial charge is 0.490 e. The van der Waals surface area contributed by atoms with E-state index in [0.29, 0.717) is 5.57 Å². The van der Waals surface area contributed by atoms with Crippen LogP contribution in [-0.4, -0.2) is 18.4 Å². The van der Waals surface area contributed by atoms with Crippen molar-refractivity contribution >= 4 is 17.3 Å². The summed E-state index contributed by atoms with van der Waals surface area (Å²) in [5, 5.41) is 0. The zero-order valence-corrected chi connectivity index (χ0v) is 23.9. The molecule has 216 valence electrons. The van der Waals surface area contributed by atoms with Crippen molar-refractivity contribution in [3.63, 3.8) is 0 Å². The molecule has 0 N–H and O–H groups in total. The number of halogens is 2. The maximum absolute atomic E-state index is 14.6. The van der Waals surface area contributed by atoms with Crippen LogP contribution in [0.2, 0.25) is 0 Å². The van der Waals surface area contributed by atoms with Crippen molar-refractivity contribution in [1.82, 2.24) is 0 Å². The van der Waals surface area contributed by atoms with Gasteiger partial charge in [0.25, 0.3) is 0 Å². The Hall–Kier alpha value is -3.28. The van der Waals surface area contributed by atoms with Crippen LogP contribution < -0.4 is 9.47 Å². The zero-order valence-electron chi connectivity index (χ0n) is 23.9. The van der Waals surface area contributed by atoms with Crippen LogP contribution in [0.15, 0.2) is 54.1 Å². The molecule has 0 fully saturated rings. The summed E-state index contributed by atoms with van der Waals surface area (Å²) in [6, 6.07) is 10.4. The first-order valence-corrected chi connectivity index (χ1v) is 14.8. The predicted octanol–water partition coefficient (Wildman–Crippen LogP) is 9.11. The molecule has 0 amide bonds. The van der Waals surface area contributed by atoms with Crippen molar-refractivity contribution in [1.29, 1.82) is 0 Å². The number of hydrogen-bond acceptors (Lipinski definition) is 4. The van der Waals surface area contributed by atoms with Crippen molar-refractivity contribution in [2.24, 2.45) is 0 Å². The molecule has 0 unspecified atom stereocenters. The summed E-state index contributed by atoms with van der Waals surface area (Å²) >= 11 is 0. The summed E-state index contributed by atoms with van der Waals surface area (Å²) in [4.78, 5) is 25.5. The second-order valence-corrected chi connectivity index (χ2v) is 10.4. The number of allylic oxidation sites excluding steroid dienone is 3. The van der Waals surface area contributed by atoms with Gasteiger partial charge in [-0.1, -0.05) is 108 Å². The Labute approximate surface area is 237 Å². The first-order chi connectivity index (χ1) is 19.4. The Balaban J connectivity index is 1.55. The van der Waals surface area contributed by atoms with E-state index in [9.17, 15) is 18.4 Å². The molecule has 0 aromatic heterocycles. The van der Waals surface area contributed by atoms with Gasteiger partial charge < -0.3 is 9.47 Å². The van der Waals surface area contributed by atoms with Crippen LogP contribution in [-0.2, 0) is 16.0 Å². The minimum atomic E-state index is -1.29. The molecule has 0 atom stereocenters. The van der Waals surface area contributed by atoms with Crippen molar-refractivity contribution in [2.45, 2.75) is 97.3 Å². The maximum atomic E-state index is 14.6. The normalized spacial score (nSPS) is 13.2. The molecule has 1 aliphatic rings. The molecule has 4 nitrogen and oxygen atoms in total. The number of hydrogen-bond donors (Lipinski definition) is 0. The van der Waals surface area contributed by atoms with Crippen molar-refractivity contribution in [2.75, 3.05) is 6.61 Å². The van der Waals surface area contributed by atoms with Gasteiger partial charge in [-0.25, -0.2) is 4.79 Å². The molecule has 0 aliphatic heterocycles. The molecule has 40 heavy (non-hydrogen) atoms. The smallest absolute Gasteiger partial charge is 0.339 e. The standard InChI is InChI=1S/C34H42F2O4/c1-3-5-7-9-10-12-14-25-15-17-26(18-16-25)28-20-19-27(24-29(28)37)34(38)40-31-22-21-30(32(35)33(31)36)39-23-13-11-8-6-4-2/h15-22H,3-14,23-24H2,1-2H3. The number of ketones is 1. The van der Waals surface area contributed by atoms with E-state index in [1.54, 1.807) is 6.08 Å². The number of Topliss-reactive ketones (excluding diaryl/α,β-unsaturated/α-hetero) is 1. The molecule has 0 spiro atoms. The van der Waals surface area contributed by atoms with E-state index in [4.69, 9.17) is 9.47 Å². The molecule has 6 heteroatoms. The highest BCUT2D eigenvalue weighted by Gasteiger charge is 2.25. The minimum Gasteiger partial charge on any atom is -0.490 e. The quantitative estimate of drug-likeness (QED) is 0.112. The summed E-state index contributed by atoms with van der Waals surface area (Å²) in [7, 11) is 0. The van der Waals surface area contributed by atoms with E-state index in [-0.39, 0.29) is 30.1 Å². The molecular formula is C34H42F2O4. The number of carbonyl (C=O) groups is 2. The first kappa shape index (κ1) is 31.3. The Morgan fingerprint density at radius 2 is 1.35 bits per heavy atom. The predicted molar refractivity (Wildman–Crippen MR) is 155 cm³/mol. The van der Waals surface area contributed by atoms with Crippen LogP contribution in [0, 0.1) is 11.6 Å². The summed E-state index contributed by atoms with van der Waals surface area (Å²) in [5.41, 5.74) is 2.62. The maximum Gasteiger partial charge on any atom is 0.339 e. The van der Waals surface area contributed by atoms with Crippen LogP contribution in [0.4, 0.5) is 8.78 Å². The SMILES string of the molecule is CCCCCCCCc1ccc(C2=CC=C(C(=O)Oc3ccc(OCCCCCCC)c(F)c3F)CC2=O)cc1. The number of rotatable bonds is 17. The highest BCUT2D eigenvalue weighted by Crippen LogP contribution is 2.30. The lowest BCUT2D eigenvalue weighted by Gasteiger charge is -2.15. The average Bonchev–Trinajstić information content (AvgIpc) is 2.96. The van der Waals surface area contributed by atoms with Gasteiger partial charge in [0.05, 0.1) is 6.61 Å². The van der Waals surface area contributed by atoms with Crippen LogP contribution >= 0.6 is 0 Å². The second kappa shape index (κ2) is 16.7. The summed E-state index contributed by atoms with van der Waals surface area (Å²) in [6.45, 7) is 4.62. The second-order valence-electron chi connectivity index (χ2n) is 10.4. The van der Waals surface area contributed by atoms with E-state index in [0.717, 1.165) is 50.5 Å². The lowest BCUT2D eigenvalue weighted by molar-refractivity contribution is -0.131. The molecule has 0 saturated carbocycles. The Morgan fingerprint density at radius 1 is 0.750 bits per heavy atom. The van der Waals surface area contributed by atoms with Gasteiger partial charge in [0.2, 0.25) is 11.6 Å². The summed E-state index contributed by atoms with van der Waals surface area (Å²) < 4.78 is 39.5. The van der Waals surface area contributed by atoms with Crippen LogP contribution in [0.1, 0.15) is 102 Å². The van der Waals surface area contributed by atoms with Gasteiger partial charge in [-0.15, -0.1) is 0 Å². The van der Waals surface area contributed by atoms with Gasteiger partial charge >= 0.3 is 5.97 Å². The number of unbranched alkanes of at least 4 members (excludes halogenated alkanes) is 9. The third-order valence-corrected chi connectivity index (χ3v) is 7.17. The van der Waals surface area contributed by atoms with E-state index < -0.39 is 23.4 Å². The van der Waals surface area contributed by atoms with Crippen molar-refractivity contribution in [3.05, 3.63) is 76.9 Å². The first-order valence-electron chi connectivity index (χ1n) is 14.8. The number of aryl methyl sites for hydroxylation is 1. The van der Waals surface area contributed by atoms with Gasteiger partial charge in [0.1, 0.15) is 0 Å². The fourth-order valence-electron chi connectivity index (χ4n) is 4.72. The lowest BCUT2D eigenvalue weighted by atomic mass is 9.91. The van der Waals surface area contributed by atoms with Crippen LogP contribution in [0.5, 0.6) is 11.5 Å².